The zero-order valence-electron chi connectivity index (χ0n) is 13.0. The highest BCUT2D eigenvalue weighted by molar-refractivity contribution is 5.51. The summed E-state index contributed by atoms with van der Waals surface area (Å²) in [7, 11) is 4.36. The summed E-state index contributed by atoms with van der Waals surface area (Å²) >= 11 is 0. The zero-order valence-corrected chi connectivity index (χ0v) is 13.0. The van der Waals surface area contributed by atoms with Crippen LogP contribution in [0.1, 0.15) is 30.5 Å². The van der Waals surface area contributed by atoms with Gasteiger partial charge in [0.2, 0.25) is 0 Å². The lowest BCUT2D eigenvalue weighted by molar-refractivity contribution is 0.254. The van der Waals surface area contributed by atoms with E-state index in [4.69, 9.17) is 5.73 Å². The first-order chi connectivity index (χ1) is 9.61. The second kappa shape index (κ2) is 5.37. The van der Waals surface area contributed by atoms with Gasteiger partial charge in [-0.25, -0.2) is 0 Å². The quantitative estimate of drug-likeness (QED) is 0.892. The molecule has 2 atom stereocenters. The van der Waals surface area contributed by atoms with Crippen molar-refractivity contribution in [2.45, 2.75) is 44.7 Å². The molecule has 2 aliphatic heterocycles. The van der Waals surface area contributed by atoms with Gasteiger partial charge >= 0.3 is 0 Å². The van der Waals surface area contributed by atoms with Crippen molar-refractivity contribution in [3.8, 4) is 0 Å². The number of aryl methyl sites for hydroxylation is 2. The van der Waals surface area contributed by atoms with E-state index < -0.39 is 0 Å². The van der Waals surface area contributed by atoms with Gasteiger partial charge in [0.15, 0.2) is 0 Å². The first-order valence-electron chi connectivity index (χ1n) is 7.81. The van der Waals surface area contributed by atoms with Gasteiger partial charge in [-0.1, -0.05) is 0 Å². The van der Waals surface area contributed by atoms with E-state index in [0.29, 0.717) is 12.6 Å². The molecule has 20 heavy (non-hydrogen) atoms. The Bertz CT molecular complexity index is 481. The highest BCUT2D eigenvalue weighted by atomic mass is 15.4. The summed E-state index contributed by atoms with van der Waals surface area (Å²) in [4.78, 5) is 5.14. The molecule has 5 nitrogen and oxygen atoms in total. The lowest BCUT2D eigenvalue weighted by Crippen LogP contribution is -2.37. The van der Waals surface area contributed by atoms with Gasteiger partial charge in [-0.3, -0.25) is 9.58 Å². The Morgan fingerprint density at radius 2 is 1.95 bits per heavy atom. The second-order valence-corrected chi connectivity index (χ2v) is 6.34. The summed E-state index contributed by atoms with van der Waals surface area (Å²) in [5, 5.41) is 4.62. The monoisotopic (exact) mass is 277 g/mol. The van der Waals surface area contributed by atoms with Gasteiger partial charge in [-0.15, -0.1) is 0 Å². The second-order valence-electron chi connectivity index (χ2n) is 6.34. The van der Waals surface area contributed by atoms with Gasteiger partial charge in [0.1, 0.15) is 5.82 Å². The lowest BCUT2D eigenvalue weighted by atomic mass is 10.1. The fourth-order valence-corrected chi connectivity index (χ4v) is 4.02. The molecule has 0 amide bonds. The maximum Gasteiger partial charge on any atom is 0.130 e. The van der Waals surface area contributed by atoms with Gasteiger partial charge in [-0.2, -0.15) is 5.10 Å². The fourth-order valence-electron chi connectivity index (χ4n) is 4.02. The minimum Gasteiger partial charge on any atom is -0.355 e. The molecule has 2 bridgehead atoms. The highest BCUT2D eigenvalue weighted by Crippen LogP contribution is 2.32. The molecule has 112 valence electrons. The third-order valence-electron chi connectivity index (χ3n) is 5.16. The Hall–Kier alpha value is -1.07. The third-order valence-corrected chi connectivity index (χ3v) is 5.16. The smallest absolute Gasteiger partial charge is 0.130 e. The van der Waals surface area contributed by atoms with E-state index in [1.807, 2.05) is 0 Å². The van der Waals surface area contributed by atoms with Crippen LogP contribution in [0.2, 0.25) is 0 Å². The van der Waals surface area contributed by atoms with Crippen LogP contribution >= 0.6 is 0 Å². The Morgan fingerprint density at radius 3 is 2.70 bits per heavy atom. The number of rotatable bonds is 3. The summed E-state index contributed by atoms with van der Waals surface area (Å²) in [5.41, 5.74) is 8.26. The van der Waals surface area contributed by atoms with E-state index in [1.54, 1.807) is 0 Å². The van der Waals surface area contributed by atoms with E-state index in [-0.39, 0.29) is 0 Å². The van der Waals surface area contributed by atoms with Crippen molar-refractivity contribution in [3.05, 3.63) is 11.3 Å². The maximum absolute atomic E-state index is 5.79. The molecular formula is C15H27N5. The molecule has 0 saturated carbocycles. The van der Waals surface area contributed by atoms with Crippen LogP contribution in [-0.4, -0.2) is 53.4 Å². The SMILES string of the molecule is Cc1nn(C)c(N2CCC3CCC(C2)N3C)c1CCN. The number of fused-ring (bicyclic) bond motifs is 2. The van der Waals surface area contributed by atoms with Gasteiger partial charge in [0, 0.05) is 37.8 Å². The van der Waals surface area contributed by atoms with Gasteiger partial charge in [-0.05, 0) is 46.2 Å². The number of hydrogen-bond donors (Lipinski definition) is 1. The lowest BCUT2D eigenvalue weighted by Gasteiger charge is -2.28. The van der Waals surface area contributed by atoms with E-state index in [0.717, 1.165) is 31.2 Å². The predicted octanol–water partition coefficient (Wildman–Crippen LogP) is 0.903. The van der Waals surface area contributed by atoms with E-state index in [1.165, 1.54) is 30.6 Å². The average Bonchev–Trinajstić information content (AvgIpc) is 2.79. The van der Waals surface area contributed by atoms with Gasteiger partial charge in [0.05, 0.1) is 5.69 Å². The van der Waals surface area contributed by atoms with E-state index >= 15 is 0 Å². The Labute approximate surface area is 121 Å². The average molecular weight is 277 g/mol. The molecule has 0 aromatic carbocycles. The van der Waals surface area contributed by atoms with Crippen LogP contribution in [-0.2, 0) is 13.5 Å². The highest BCUT2D eigenvalue weighted by Gasteiger charge is 2.35. The molecule has 2 aliphatic rings. The summed E-state index contributed by atoms with van der Waals surface area (Å²) in [6, 6.07) is 1.47. The molecule has 5 heteroatoms. The number of anilines is 1. The minimum absolute atomic E-state index is 0.694. The predicted molar refractivity (Wildman–Crippen MR) is 82.1 cm³/mol. The van der Waals surface area contributed by atoms with Gasteiger partial charge in [0.25, 0.3) is 0 Å². The molecule has 3 heterocycles. The fraction of sp³-hybridized carbons (Fsp3) is 0.800. The van der Waals surface area contributed by atoms with Crippen LogP contribution in [0.5, 0.6) is 0 Å². The molecule has 2 fully saturated rings. The Balaban J connectivity index is 1.89. The summed E-state index contributed by atoms with van der Waals surface area (Å²) in [6.45, 7) is 5.06. The Morgan fingerprint density at radius 1 is 1.20 bits per heavy atom. The number of aromatic nitrogens is 2. The van der Waals surface area contributed by atoms with Crippen LogP contribution in [0.4, 0.5) is 5.82 Å². The van der Waals surface area contributed by atoms with Crippen molar-refractivity contribution in [1.29, 1.82) is 0 Å². The summed E-state index contributed by atoms with van der Waals surface area (Å²) < 4.78 is 2.05. The molecule has 0 spiro atoms. The van der Waals surface area contributed by atoms with Crippen LogP contribution in [0.15, 0.2) is 0 Å². The van der Waals surface area contributed by atoms with Crippen LogP contribution in [0.25, 0.3) is 0 Å². The number of nitrogens with zero attached hydrogens (tertiary/aromatic N) is 4. The number of likely N-dealkylation sites (N-methyl/N-ethyl adjacent to an activating group) is 1. The van der Waals surface area contributed by atoms with Crippen molar-refractivity contribution >= 4 is 5.82 Å². The first-order valence-corrected chi connectivity index (χ1v) is 7.81. The van der Waals surface area contributed by atoms with Crippen molar-refractivity contribution in [2.24, 2.45) is 12.8 Å². The van der Waals surface area contributed by atoms with Gasteiger partial charge < -0.3 is 10.6 Å². The molecule has 1 aromatic heterocycles. The normalized spacial score (nSPS) is 27.1. The van der Waals surface area contributed by atoms with Crippen LogP contribution in [0.3, 0.4) is 0 Å². The molecule has 0 aliphatic carbocycles. The van der Waals surface area contributed by atoms with E-state index in [9.17, 15) is 0 Å². The molecule has 2 saturated heterocycles. The molecule has 0 radical (unpaired) electrons. The van der Waals surface area contributed by atoms with Crippen LogP contribution in [0, 0.1) is 6.92 Å². The largest absolute Gasteiger partial charge is 0.355 e. The van der Waals surface area contributed by atoms with E-state index in [2.05, 4.69) is 40.6 Å². The summed E-state index contributed by atoms with van der Waals surface area (Å²) in [6.07, 6.45) is 4.89. The molecule has 3 rings (SSSR count). The Kier molecular flexibility index (Phi) is 3.73. The maximum atomic E-state index is 5.79. The van der Waals surface area contributed by atoms with Crippen molar-refractivity contribution in [1.82, 2.24) is 14.7 Å². The van der Waals surface area contributed by atoms with Crippen LogP contribution < -0.4 is 10.6 Å². The molecule has 2 N–H and O–H groups in total. The van der Waals surface area contributed by atoms with Crippen molar-refractivity contribution in [2.75, 3.05) is 31.6 Å². The molecule has 1 aromatic rings. The molecule has 2 unspecified atom stereocenters. The number of hydrogen-bond acceptors (Lipinski definition) is 4. The standard InChI is InChI=1S/C15H27N5/c1-11-14(6-8-16)15(19(3)17-11)20-9-7-12-4-5-13(10-20)18(12)2/h12-13H,4-10,16H2,1-3H3. The topological polar surface area (TPSA) is 50.3 Å². The first kappa shape index (κ1) is 13.9. The van der Waals surface area contributed by atoms with Crippen molar-refractivity contribution in [3.63, 3.8) is 0 Å². The zero-order chi connectivity index (χ0) is 14.3. The molecular weight excluding hydrogens is 250 g/mol. The van der Waals surface area contributed by atoms with Crippen molar-refractivity contribution < 1.29 is 0 Å². The third kappa shape index (κ3) is 2.23. The minimum atomic E-state index is 0.694. The number of nitrogens with two attached hydrogens (primary N) is 1. The summed E-state index contributed by atoms with van der Waals surface area (Å²) in [5.74, 6) is 1.30.